The Morgan fingerprint density at radius 1 is 1.19 bits per heavy atom. The molecule has 3 rings (SSSR count). The first-order valence-electron chi connectivity index (χ1n) is 8.12. The fourth-order valence-corrected chi connectivity index (χ4v) is 2.86. The van der Waals surface area contributed by atoms with Crippen LogP contribution in [0.3, 0.4) is 0 Å². The van der Waals surface area contributed by atoms with Crippen LogP contribution in [0.4, 0.5) is 4.39 Å². The standard InChI is InChI=1S/C18H17FN2O5/c19-14-4-2-1-3-13(14)17(23)21-7-5-12(6-8-21)20-16(22)15-9-11(10-26-15)18(24)25/h1-4,9-10,12H,5-8H2,(H,20,22)(H,24,25). The predicted molar refractivity (Wildman–Crippen MR) is 88.5 cm³/mol. The Balaban J connectivity index is 1.55. The number of piperidine rings is 1. The molecule has 1 aliphatic rings. The summed E-state index contributed by atoms with van der Waals surface area (Å²) in [7, 11) is 0. The lowest BCUT2D eigenvalue weighted by atomic mass is 10.0. The van der Waals surface area contributed by atoms with Crippen molar-refractivity contribution in [1.29, 1.82) is 0 Å². The maximum atomic E-state index is 13.7. The lowest BCUT2D eigenvalue weighted by Crippen LogP contribution is -2.46. The molecule has 1 aliphatic heterocycles. The number of likely N-dealkylation sites (tertiary alicyclic amines) is 1. The number of furan rings is 1. The van der Waals surface area contributed by atoms with Crippen molar-refractivity contribution in [3.8, 4) is 0 Å². The Hall–Kier alpha value is -3.16. The van der Waals surface area contributed by atoms with Gasteiger partial charge in [0.2, 0.25) is 0 Å². The Kier molecular flexibility index (Phi) is 5.01. The van der Waals surface area contributed by atoms with E-state index in [1.807, 2.05) is 0 Å². The van der Waals surface area contributed by atoms with Gasteiger partial charge in [-0.1, -0.05) is 12.1 Å². The predicted octanol–water partition coefficient (Wildman–Crippen LogP) is 2.15. The summed E-state index contributed by atoms with van der Waals surface area (Å²) in [5.41, 5.74) is -0.0628. The van der Waals surface area contributed by atoms with Gasteiger partial charge in [-0.05, 0) is 25.0 Å². The molecule has 0 radical (unpaired) electrons. The van der Waals surface area contributed by atoms with Gasteiger partial charge in [-0.3, -0.25) is 9.59 Å². The number of carbonyl (C=O) groups excluding carboxylic acids is 2. The summed E-state index contributed by atoms with van der Waals surface area (Å²) < 4.78 is 18.7. The summed E-state index contributed by atoms with van der Waals surface area (Å²) in [5, 5.41) is 11.6. The van der Waals surface area contributed by atoms with Crippen molar-refractivity contribution >= 4 is 17.8 Å². The van der Waals surface area contributed by atoms with E-state index in [1.54, 1.807) is 11.0 Å². The summed E-state index contributed by atoms with van der Waals surface area (Å²) in [6.45, 7) is 0.771. The number of aromatic carboxylic acids is 1. The van der Waals surface area contributed by atoms with Crippen LogP contribution >= 0.6 is 0 Å². The van der Waals surface area contributed by atoms with Crippen LogP contribution in [0.5, 0.6) is 0 Å². The zero-order valence-corrected chi connectivity index (χ0v) is 13.8. The van der Waals surface area contributed by atoms with Crippen LogP contribution in [0.15, 0.2) is 41.0 Å². The number of amides is 2. The largest absolute Gasteiger partial charge is 0.478 e. The van der Waals surface area contributed by atoms with Crippen molar-refractivity contribution in [2.24, 2.45) is 0 Å². The van der Waals surface area contributed by atoms with E-state index in [1.165, 1.54) is 18.2 Å². The molecule has 0 unspecified atom stereocenters. The molecule has 2 heterocycles. The van der Waals surface area contributed by atoms with Gasteiger partial charge < -0.3 is 19.7 Å². The number of carboxylic acid groups (broad SMARTS) is 1. The van der Waals surface area contributed by atoms with E-state index in [-0.39, 0.29) is 28.8 Å². The monoisotopic (exact) mass is 360 g/mol. The lowest BCUT2D eigenvalue weighted by Gasteiger charge is -2.32. The Morgan fingerprint density at radius 2 is 1.88 bits per heavy atom. The van der Waals surface area contributed by atoms with E-state index in [0.29, 0.717) is 25.9 Å². The van der Waals surface area contributed by atoms with Crippen LogP contribution in [-0.4, -0.2) is 46.9 Å². The van der Waals surface area contributed by atoms with Crippen molar-refractivity contribution in [2.45, 2.75) is 18.9 Å². The number of benzene rings is 1. The van der Waals surface area contributed by atoms with E-state index in [0.717, 1.165) is 12.3 Å². The van der Waals surface area contributed by atoms with Gasteiger partial charge >= 0.3 is 5.97 Å². The first kappa shape index (κ1) is 17.7. The second-order valence-corrected chi connectivity index (χ2v) is 6.02. The van der Waals surface area contributed by atoms with Crippen molar-refractivity contribution in [1.82, 2.24) is 10.2 Å². The smallest absolute Gasteiger partial charge is 0.338 e. The van der Waals surface area contributed by atoms with Gasteiger partial charge in [0.25, 0.3) is 11.8 Å². The van der Waals surface area contributed by atoms with Crippen molar-refractivity contribution in [3.05, 3.63) is 59.3 Å². The molecule has 2 N–H and O–H groups in total. The van der Waals surface area contributed by atoms with E-state index >= 15 is 0 Å². The first-order valence-corrected chi connectivity index (χ1v) is 8.12. The molecule has 1 saturated heterocycles. The SMILES string of the molecule is O=C(O)c1coc(C(=O)NC2CCN(C(=O)c3ccccc3F)CC2)c1. The van der Waals surface area contributed by atoms with Crippen LogP contribution in [0.25, 0.3) is 0 Å². The van der Waals surface area contributed by atoms with Crippen LogP contribution in [0.1, 0.15) is 44.1 Å². The minimum atomic E-state index is -1.17. The van der Waals surface area contributed by atoms with E-state index in [9.17, 15) is 18.8 Å². The third kappa shape index (κ3) is 3.74. The molecule has 1 fully saturated rings. The molecule has 0 bridgehead atoms. The highest BCUT2D eigenvalue weighted by Crippen LogP contribution is 2.17. The fourth-order valence-electron chi connectivity index (χ4n) is 2.86. The summed E-state index contributed by atoms with van der Waals surface area (Å²) in [4.78, 5) is 36.8. The van der Waals surface area contributed by atoms with Gasteiger partial charge in [0.15, 0.2) is 5.76 Å². The zero-order chi connectivity index (χ0) is 18.7. The van der Waals surface area contributed by atoms with Gasteiger partial charge in [0.05, 0.1) is 11.1 Å². The number of hydrogen-bond acceptors (Lipinski definition) is 4. The van der Waals surface area contributed by atoms with Crippen LogP contribution in [0.2, 0.25) is 0 Å². The second-order valence-electron chi connectivity index (χ2n) is 6.02. The molecule has 1 aromatic heterocycles. The van der Waals surface area contributed by atoms with Crippen LogP contribution in [0, 0.1) is 5.82 Å². The normalized spacial score (nSPS) is 14.9. The van der Waals surface area contributed by atoms with Crippen LogP contribution < -0.4 is 5.32 Å². The number of nitrogens with zero attached hydrogens (tertiary/aromatic N) is 1. The summed E-state index contributed by atoms with van der Waals surface area (Å²) in [5.74, 6) is -2.68. The van der Waals surface area contributed by atoms with Crippen LogP contribution in [-0.2, 0) is 0 Å². The number of halogens is 1. The van der Waals surface area contributed by atoms with E-state index < -0.39 is 17.7 Å². The second kappa shape index (κ2) is 7.38. The minimum Gasteiger partial charge on any atom is -0.478 e. The molecule has 0 aliphatic carbocycles. The highest BCUT2D eigenvalue weighted by atomic mass is 19.1. The average molecular weight is 360 g/mol. The number of carbonyl (C=O) groups is 3. The number of nitrogens with one attached hydrogen (secondary N) is 1. The molecular formula is C18H17FN2O5. The third-order valence-corrected chi connectivity index (χ3v) is 4.29. The Morgan fingerprint density at radius 3 is 2.50 bits per heavy atom. The molecule has 0 saturated carbocycles. The van der Waals surface area contributed by atoms with Gasteiger partial charge in [-0.15, -0.1) is 0 Å². The molecule has 136 valence electrons. The maximum absolute atomic E-state index is 13.7. The molecule has 1 aromatic carbocycles. The Labute approximate surface area is 148 Å². The van der Waals surface area contributed by atoms with Gasteiger partial charge in [0.1, 0.15) is 12.1 Å². The molecule has 26 heavy (non-hydrogen) atoms. The lowest BCUT2D eigenvalue weighted by molar-refractivity contribution is 0.0682. The van der Waals surface area contributed by atoms with Crippen molar-refractivity contribution in [3.63, 3.8) is 0 Å². The summed E-state index contributed by atoms with van der Waals surface area (Å²) >= 11 is 0. The minimum absolute atomic E-state index is 0.0340. The summed E-state index contributed by atoms with van der Waals surface area (Å²) in [6, 6.07) is 6.81. The molecule has 0 atom stereocenters. The van der Waals surface area contributed by atoms with E-state index in [2.05, 4.69) is 5.32 Å². The molecule has 0 spiro atoms. The molecule has 8 heteroatoms. The molecule has 2 aromatic rings. The van der Waals surface area contributed by atoms with Crippen molar-refractivity contribution in [2.75, 3.05) is 13.1 Å². The number of carboxylic acids is 1. The zero-order valence-electron chi connectivity index (χ0n) is 13.8. The maximum Gasteiger partial charge on any atom is 0.338 e. The topological polar surface area (TPSA) is 99.8 Å². The average Bonchev–Trinajstić information content (AvgIpc) is 3.13. The van der Waals surface area contributed by atoms with Gasteiger partial charge in [-0.2, -0.15) is 0 Å². The molecule has 2 amide bonds. The quantitative estimate of drug-likeness (QED) is 0.870. The fraction of sp³-hybridized carbons (Fsp3) is 0.278. The Bertz CT molecular complexity index is 840. The van der Waals surface area contributed by atoms with Crippen molar-refractivity contribution < 1.29 is 28.3 Å². The van der Waals surface area contributed by atoms with E-state index in [4.69, 9.17) is 9.52 Å². The van der Waals surface area contributed by atoms with Gasteiger partial charge in [-0.25, -0.2) is 9.18 Å². The molecular weight excluding hydrogens is 343 g/mol. The summed E-state index contributed by atoms with van der Waals surface area (Å²) in [6.07, 6.45) is 2.03. The number of rotatable bonds is 4. The molecule has 7 nitrogen and oxygen atoms in total. The highest BCUT2D eigenvalue weighted by Gasteiger charge is 2.27. The highest BCUT2D eigenvalue weighted by molar-refractivity contribution is 5.96. The van der Waals surface area contributed by atoms with Gasteiger partial charge in [0, 0.05) is 25.2 Å². The third-order valence-electron chi connectivity index (χ3n) is 4.29. The first-order chi connectivity index (χ1) is 12.5. The number of hydrogen-bond donors (Lipinski definition) is 2.